The highest BCUT2D eigenvalue weighted by Crippen LogP contribution is 2.24. The van der Waals surface area contributed by atoms with Gasteiger partial charge in [-0.15, -0.1) is 0 Å². The molecule has 0 bridgehead atoms. The van der Waals surface area contributed by atoms with Gasteiger partial charge in [0.25, 0.3) is 0 Å². The third-order valence-electron chi connectivity index (χ3n) is 5.57. The Morgan fingerprint density at radius 2 is 1.77 bits per heavy atom. The van der Waals surface area contributed by atoms with Crippen LogP contribution in [-0.4, -0.2) is 36.6 Å². The summed E-state index contributed by atoms with van der Waals surface area (Å²) in [6.45, 7) is 2.69. The average Bonchev–Trinajstić information content (AvgIpc) is 2.76. The van der Waals surface area contributed by atoms with E-state index < -0.39 is 11.6 Å². The molecule has 3 aromatic rings. The van der Waals surface area contributed by atoms with Gasteiger partial charge in [0.2, 0.25) is 5.91 Å². The summed E-state index contributed by atoms with van der Waals surface area (Å²) in [6.07, 6.45) is -0.255. The molecule has 0 aliphatic carbocycles. The standard InChI is InChI=1S/C24H24F2N2O2/c1-16(19-9-4-7-17-6-2-3-8-20(17)19)27-12-18-13-28(24(29)15-30-18)14-21-22(25)10-5-11-23(21)26/h2-11,16,18,27H,12-15H2,1H3. The first-order chi connectivity index (χ1) is 14.5. The maximum atomic E-state index is 14.0. The van der Waals surface area contributed by atoms with Crippen molar-refractivity contribution in [2.45, 2.75) is 25.6 Å². The van der Waals surface area contributed by atoms with Crippen LogP contribution in [-0.2, 0) is 16.1 Å². The van der Waals surface area contributed by atoms with Gasteiger partial charge < -0.3 is 15.0 Å². The normalized spacial score (nSPS) is 18.0. The topological polar surface area (TPSA) is 41.6 Å². The van der Waals surface area contributed by atoms with Gasteiger partial charge in [0.05, 0.1) is 12.6 Å². The van der Waals surface area contributed by atoms with Crippen molar-refractivity contribution in [2.75, 3.05) is 19.7 Å². The molecule has 0 radical (unpaired) electrons. The molecule has 1 aliphatic rings. The van der Waals surface area contributed by atoms with Crippen LogP contribution in [0, 0.1) is 11.6 Å². The van der Waals surface area contributed by atoms with Crippen LogP contribution in [0.2, 0.25) is 0 Å². The van der Waals surface area contributed by atoms with Gasteiger partial charge in [-0.1, -0.05) is 48.5 Å². The second kappa shape index (κ2) is 8.90. The van der Waals surface area contributed by atoms with Crippen LogP contribution in [0.1, 0.15) is 24.1 Å². The highest BCUT2D eigenvalue weighted by atomic mass is 19.1. The van der Waals surface area contributed by atoms with E-state index in [2.05, 4.69) is 36.5 Å². The van der Waals surface area contributed by atoms with Crippen LogP contribution in [0.4, 0.5) is 8.78 Å². The number of amides is 1. The second-order valence-corrected chi connectivity index (χ2v) is 7.61. The molecule has 0 saturated carbocycles. The van der Waals surface area contributed by atoms with Crippen LogP contribution >= 0.6 is 0 Å². The van der Waals surface area contributed by atoms with E-state index in [9.17, 15) is 13.6 Å². The van der Waals surface area contributed by atoms with E-state index in [1.165, 1.54) is 39.4 Å². The third-order valence-corrected chi connectivity index (χ3v) is 5.57. The predicted octanol–water partition coefficient (Wildman–Crippen LogP) is 4.20. The number of nitrogens with zero attached hydrogens (tertiary/aromatic N) is 1. The molecule has 6 heteroatoms. The van der Waals surface area contributed by atoms with E-state index in [4.69, 9.17) is 4.74 Å². The predicted molar refractivity (Wildman–Crippen MR) is 112 cm³/mol. The summed E-state index contributed by atoms with van der Waals surface area (Å²) in [4.78, 5) is 13.7. The molecule has 1 saturated heterocycles. The van der Waals surface area contributed by atoms with Crippen LogP contribution < -0.4 is 5.32 Å². The summed E-state index contributed by atoms with van der Waals surface area (Å²) in [5, 5.41) is 5.84. The van der Waals surface area contributed by atoms with Crippen molar-refractivity contribution in [3.8, 4) is 0 Å². The van der Waals surface area contributed by atoms with E-state index in [0.717, 1.165) is 0 Å². The molecule has 3 aromatic carbocycles. The smallest absolute Gasteiger partial charge is 0.248 e. The van der Waals surface area contributed by atoms with E-state index in [-0.39, 0.29) is 43.3 Å². The Hall–Kier alpha value is -2.83. The number of carbonyl (C=O) groups is 1. The van der Waals surface area contributed by atoms with Crippen LogP contribution in [0.25, 0.3) is 10.8 Å². The lowest BCUT2D eigenvalue weighted by molar-refractivity contribution is -0.149. The number of hydrogen-bond acceptors (Lipinski definition) is 3. The fraction of sp³-hybridized carbons (Fsp3) is 0.292. The van der Waals surface area contributed by atoms with Crippen molar-refractivity contribution in [3.05, 3.63) is 83.4 Å². The number of nitrogens with one attached hydrogen (secondary N) is 1. The zero-order chi connectivity index (χ0) is 21.1. The number of hydrogen-bond donors (Lipinski definition) is 1. The molecule has 30 heavy (non-hydrogen) atoms. The van der Waals surface area contributed by atoms with Crippen molar-refractivity contribution < 1.29 is 18.3 Å². The summed E-state index contributed by atoms with van der Waals surface area (Å²) in [5.74, 6) is -1.56. The van der Waals surface area contributed by atoms with E-state index in [0.29, 0.717) is 6.54 Å². The number of ether oxygens (including phenoxy) is 1. The Kier molecular flexibility index (Phi) is 6.06. The second-order valence-electron chi connectivity index (χ2n) is 7.61. The number of rotatable bonds is 6. The SMILES string of the molecule is CC(NCC1CN(Cc2c(F)cccc2F)C(=O)CO1)c1cccc2ccccc12. The maximum Gasteiger partial charge on any atom is 0.248 e. The van der Waals surface area contributed by atoms with E-state index >= 15 is 0 Å². The molecule has 1 amide bonds. The van der Waals surface area contributed by atoms with Crippen molar-refractivity contribution in [3.63, 3.8) is 0 Å². The monoisotopic (exact) mass is 410 g/mol. The number of benzene rings is 3. The zero-order valence-corrected chi connectivity index (χ0v) is 16.8. The third kappa shape index (κ3) is 4.35. The van der Waals surface area contributed by atoms with Gasteiger partial charge in [-0.2, -0.15) is 0 Å². The summed E-state index contributed by atoms with van der Waals surface area (Å²) < 4.78 is 33.6. The largest absolute Gasteiger partial charge is 0.365 e. The molecular weight excluding hydrogens is 386 g/mol. The van der Waals surface area contributed by atoms with Gasteiger partial charge in [0.15, 0.2) is 0 Å². The van der Waals surface area contributed by atoms with E-state index in [1.54, 1.807) is 0 Å². The van der Waals surface area contributed by atoms with Crippen LogP contribution in [0.5, 0.6) is 0 Å². The van der Waals surface area contributed by atoms with Crippen molar-refractivity contribution in [1.82, 2.24) is 10.2 Å². The first-order valence-electron chi connectivity index (χ1n) is 10.1. The molecule has 1 N–H and O–H groups in total. The van der Waals surface area contributed by atoms with Crippen molar-refractivity contribution >= 4 is 16.7 Å². The van der Waals surface area contributed by atoms with Crippen molar-refractivity contribution in [2.24, 2.45) is 0 Å². The Morgan fingerprint density at radius 1 is 1.07 bits per heavy atom. The number of morpholine rings is 1. The molecule has 1 fully saturated rings. The van der Waals surface area contributed by atoms with Crippen LogP contribution in [0.15, 0.2) is 60.7 Å². The fourth-order valence-corrected chi connectivity index (χ4v) is 3.88. The van der Waals surface area contributed by atoms with Gasteiger partial charge in [-0.05, 0) is 35.4 Å². The van der Waals surface area contributed by atoms with E-state index in [1.807, 2.05) is 18.2 Å². The molecule has 2 atom stereocenters. The zero-order valence-electron chi connectivity index (χ0n) is 16.8. The molecule has 0 aromatic heterocycles. The molecule has 0 spiro atoms. The van der Waals surface area contributed by atoms with Gasteiger partial charge in [-0.3, -0.25) is 4.79 Å². The molecule has 1 aliphatic heterocycles. The van der Waals surface area contributed by atoms with Crippen LogP contribution in [0.3, 0.4) is 0 Å². The first kappa shape index (κ1) is 20.4. The molecule has 156 valence electrons. The Morgan fingerprint density at radius 3 is 2.57 bits per heavy atom. The number of carbonyl (C=O) groups excluding carboxylic acids is 1. The molecule has 4 nitrogen and oxygen atoms in total. The minimum Gasteiger partial charge on any atom is -0.365 e. The minimum absolute atomic E-state index is 0.0785. The number of fused-ring (bicyclic) bond motifs is 1. The lowest BCUT2D eigenvalue weighted by Gasteiger charge is -2.33. The maximum absolute atomic E-state index is 14.0. The summed E-state index contributed by atoms with van der Waals surface area (Å²) in [7, 11) is 0. The van der Waals surface area contributed by atoms with Crippen molar-refractivity contribution in [1.29, 1.82) is 0 Å². The highest BCUT2D eigenvalue weighted by Gasteiger charge is 2.28. The summed E-state index contributed by atoms with van der Waals surface area (Å²) in [6, 6.07) is 18.2. The van der Waals surface area contributed by atoms with Gasteiger partial charge >= 0.3 is 0 Å². The summed E-state index contributed by atoms with van der Waals surface area (Å²) >= 11 is 0. The van der Waals surface area contributed by atoms with Gasteiger partial charge in [0, 0.05) is 24.7 Å². The minimum atomic E-state index is -0.645. The highest BCUT2D eigenvalue weighted by molar-refractivity contribution is 5.86. The summed E-state index contributed by atoms with van der Waals surface area (Å²) in [5.41, 5.74) is 1.09. The average molecular weight is 410 g/mol. The quantitative estimate of drug-likeness (QED) is 0.662. The lowest BCUT2D eigenvalue weighted by atomic mass is 9.99. The van der Waals surface area contributed by atoms with Gasteiger partial charge in [-0.25, -0.2) is 8.78 Å². The Labute approximate surface area is 174 Å². The molecule has 2 unspecified atom stereocenters. The number of halogens is 2. The molecular formula is C24H24F2N2O2. The molecule has 4 rings (SSSR count). The first-order valence-corrected chi connectivity index (χ1v) is 10.1. The van der Waals surface area contributed by atoms with Gasteiger partial charge in [0.1, 0.15) is 18.2 Å². The fourth-order valence-electron chi connectivity index (χ4n) is 3.88. The molecule has 1 heterocycles. The lowest BCUT2D eigenvalue weighted by Crippen LogP contribution is -2.49. The Bertz CT molecular complexity index is 1030. The Balaban J connectivity index is 1.41.